The van der Waals surface area contributed by atoms with Crippen LogP contribution < -0.4 is 5.32 Å². The van der Waals surface area contributed by atoms with Crippen LogP contribution in [0, 0.1) is 4.91 Å². The van der Waals surface area contributed by atoms with E-state index in [1.165, 1.54) is 0 Å². The molecule has 2 aromatic carbocycles. The summed E-state index contributed by atoms with van der Waals surface area (Å²) in [6.45, 7) is -0.0163. The quantitative estimate of drug-likeness (QED) is 0.280. The second-order valence-electron chi connectivity index (χ2n) is 9.07. The summed E-state index contributed by atoms with van der Waals surface area (Å²) >= 11 is 0. The van der Waals surface area contributed by atoms with E-state index in [1.54, 1.807) is 24.3 Å². The maximum absolute atomic E-state index is 13.3. The standard InChI is InChI=1S/C13H14F2N2O3.C13H15F2NO2.ClH/c14-13(15)6-7-17(16-19)11(8-13)12(18)20-9-10-4-2-1-3-5-10;14-13(15)6-7-16-11(8-13)12(17)18-9-10-4-2-1-3-5-10;/h1-5,11H,6-9H2;1-5,11,16H,6-9H2;1H. The molecule has 4 rings (SSSR count). The Morgan fingerprint density at radius 2 is 1.36 bits per heavy atom. The van der Waals surface area contributed by atoms with Crippen LogP contribution >= 0.6 is 12.4 Å². The lowest BCUT2D eigenvalue weighted by Gasteiger charge is -2.33. The van der Waals surface area contributed by atoms with E-state index in [-0.39, 0.29) is 45.1 Å². The van der Waals surface area contributed by atoms with E-state index >= 15 is 0 Å². The van der Waals surface area contributed by atoms with Crippen molar-refractivity contribution in [1.29, 1.82) is 0 Å². The number of carbonyl (C=O) groups excluding carboxylic acids is 2. The van der Waals surface area contributed by atoms with Crippen LogP contribution in [0.1, 0.15) is 36.8 Å². The van der Waals surface area contributed by atoms with Gasteiger partial charge in [0, 0.05) is 38.8 Å². The Labute approximate surface area is 229 Å². The molecule has 0 radical (unpaired) electrons. The van der Waals surface area contributed by atoms with Gasteiger partial charge in [-0.2, -0.15) is 0 Å². The molecule has 2 heterocycles. The summed E-state index contributed by atoms with van der Waals surface area (Å²) in [6, 6.07) is 15.8. The highest BCUT2D eigenvalue weighted by atomic mass is 35.5. The minimum Gasteiger partial charge on any atom is -0.460 e. The minimum atomic E-state index is -2.97. The van der Waals surface area contributed by atoms with Crippen molar-refractivity contribution in [3.8, 4) is 0 Å². The highest BCUT2D eigenvalue weighted by molar-refractivity contribution is 5.85. The number of esters is 2. The average Bonchev–Trinajstić information content (AvgIpc) is 2.91. The Morgan fingerprint density at radius 3 is 1.87 bits per heavy atom. The van der Waals surface area contributed by atoms with E-state index in [0.29, 0.717) is 0 Å². The van der Waals surface area contributed by atoms with Crippen molar-refractivity contribution >= 4 is 24.3 Å². The van der Waals surface area contributed by atoms with Crippen molar-refractivity contribution in [2.75, 3.05) is 13.1 Å². The third kappa shape index (κ3) is 10.4. The van der Waals surface area contributed by atoms with Gasteiger partial charge in [0.1, 0.15) is 19.3 Å². The van der Waals surface area contributed by atoms with Gasteiger partial charge in [0.05, 0.1) is 5.29 Å². The summed E-state index contributed by atoms with van der Waals surface area (Å²) in [5, 5.41) is 6.20. The summed E-state index contributed by atoms with van der Waals surface area (Å²) in [5.41, 5.74) is 1.59. The summed E-state index contributed by atoms with van der Waals surface area (Å²) in [6.07, 6.45) is -1.94. The summed E-state index contributed by atoms with van der Waals surface area (Å²) < 4.78 is 62.9. The Kier molecular flexibility index (Phi) is 12.1. The zero-order valence-electron chi connectivity index (χ0n) is 20.9. The summed E-state index contributed by atoms with van der Waals surface area (Å²) in [5.74, 6) is -7.22. The molecule has 0 aliphatic carbocycles. The topological polar surface area (TPSA) is 97.3 Å². The molecule has 8 nitrogen and oxygen atoms in total. The molecular formula is C26H30ClF4N3O5. The predicted molar refractivity (Wildman–Crippen MR) is 136 cm³/mol. The molecule has 2 aliphatic rings. The SMILES string of the molecule is Cl.O=C(OCc1ccccc1)C1CC(F)(F)CCN1.O=NN1CCC(F)(F)CC1C(=O)OCc1ccccc1. The molecule has 1 N–H and O–H groups in total. The van der Waals surface area contributed by atoms with Crippen molar-refractivity contribution in [3.63, 3.8) is 0 Å². The number of halogens is 5. The molecule has 0 saturated carbocycles. The number of nitrogens with zero attached hydrogens (tertiary/aromatic N) is 2. The summed E-state index contributed by atoms with van der Waals surface area (Å²) in [7, 11) is 0. The maximum Gasteiger partial charge on any atom is 0.331 e. The fourth-order valence-corrected chi connectivity index (χ4v) is 3.95. The van der Waals surface area contributed by atoms with Crippen LogP contribution in [0.4, 0.5) is 17.6 Å². The van der Waals surface area contributed by atoms with Crippen LogP contribution in [0.5, 0.6) is 0 Å². The van der Waals surface area contributed by atoms with Crippen molar-refractivity contribution in [2.45, 2.75) is 62.8 Å². The number of ether oxygens (including phenoxy) is 2. The van der Waals surface area contributed by atoms with E-state index in [2.05, 4.69) is 10.6 Å². The van der Waals surface area contributed by atoms with Gasteiger partial charge in [0.25, 0.3) is 11.8 Å². The second kappa shape index (κ2) is 14.8. The molecular weight excluding hydrogens is 546 g/mol. The molecule has 2 saturated heterocycles. The molecule has 0 aromatic heterocycles. The average molecular weight is 576 g/mol. The van der Waals surface area contributed by atoms with Crippen molar-refractivity contribution in [1.82, 2.24) is 10.3 Å². The molecule has 39 heavy (non-hydrogen) atoms. The molecule has 2 aliphatic heterocycles. The van der Waals surface area contributed by atoms with Crippen LogP contribution in [-0.4, -0.2) is 54.0 Å². The molecule has 13 heteroatoms. The molecule has 2 atom stereocenters. The van der Waals surface area contributed by atoms with Gasteiger partial charge in [-0.3, -0.25) is 4.79 Å². The van der Waals surface area contributed by atoms with Crippen molar-refractivity contribution in [3.05, 3.63) is 76.7 Å². The third-order valence-electron chi connectivity index (χ3n) is 6.05. The Balaban J connectivity index is 0.000000268. The first-order valence-corrected chi connectivity index (χ1v) is 12.1. The van der Waals surface area contributed by atoms with Gasteiger partial charge in [-0.25, -0.2) is 27.4 Å². The predicted octanol–water partition coefficient (Wildman–Crippen LogP) is 5.05. The number of rotatable bonds is 7. The smallest absolute Gasteiger partial charge is 0.331 e. The molecule has 2 unspecified atom stereocenters. The number of nitroso groups, excluding NO2 is 1. The number of benzene rings is 2. The first kappa shape index (κ1) is 32.0. The fraction of sp³-hybridized carbons (Fsp3) is 0.462. The van der Waals surface area contributed by atoms with Crippen LogP contribution in [0.3, 0.4) is 0 Å². The van der Waals surface area contributed by atoms with Gasteiger partial charge in [0.2, 0.25) is 0 Å². The Hall–Kier alpha value is -3.25. The van der Waals surface area contributed by atoms with Crippen LogP contribution in [-0.2, 0) is 32.3 Å². The normalized spacial score (nSPS) is 21.3. The number of hydrogen-bond donors (Lipinski definition) is 1. The second-order valence-corrected chi connectivity index (χ2v) is 9.07. The van der Waals surface area contributed by atoms with E-state index in [1.807, 2.05) is 36.4 Å². The molecule has 0 spiro atoms. The Bertz CT molecular complexity index is 1070. The van der Waals surface area contributed by atoms with E-state index in [4.69, 9.17) is 9.47 Å². The molecule has 0 bridgehead atoms. The molecule has 0 amide bonds. The first-order chi connectivity index (χ1) is 18.1. The van der Waals surface area contributed by atoms with Gasteiger partial charge < -0.3 is 14.8 Å². The highest BCUT2D eigenvalue weighted by Gasteiger charge is 2.45. The third-order valence-corrected chi connectivity index (χ3v) is 6.05. The lowest BCUT2D eigenvalue weighted by atomic mass is 10.0. The van der Waals surface area contributed by atoms with Crippen molar-refractivity contribution < 1.29 is 36.6 Å². The van der Waals surface area contributed by atoms with Gasteiger partial charge in [0.15, 0.2) is 6.04 Å². The number of piperidine rings is 2. The number of nitrogens with one attached hydrogen (secondary N) is 1. The highest BCUT2D eigenvalue weighted by Crippen LogP contribution is 2.32. The fourth-order valence-electron chi connectivity index (χ4n) is 3.95. The molecule has 2 fully saturated rings. The van der Waals surface area contributed by atoms with Crippen LogP contribution in [0.15, 0.2) is 65.9 Å². The van der Waals surface area contributed by atoms with Gasteiger partial charge in [-0.15, -0.1) is 17.3 Å². The number of carbonyl (C=O) groups is 2. The number of hydrogen-bond acceptors (Lipinski definition) is 7. The zero-order chi connectivity index (χ0) is 27.6. The minimum absolute atomic E-state index is 0. The largest absolute Gasteiger partial charge is 0.460 e. The zero-order valence-corrected chi connectivity index (χ0v) is 21.8. The van der Waals surface area contributed by atoms with E-state index < -0.39 is 55.1 Å². The van der Waals surface area contributed by atoms with Crippen LogP contribution in [0.25, 0.3) is 0 Å². The lowest BCUT2D eigenvalue weighted by molar-refractivity contribution is -0.161. The maximum atomic E-state index is 13.3. The molecule has 2 aromatic rings. The first-order valence-electron chi connectivity index (χ1n) is 12.1. The van der Waals surface area contributed by atoms with E-state index in [9.17, 15) is 32.1 Å². The van der Waals surface area contributed by atoms with Crippen LogP contribution in [0.2, 0.25) is 0 Å². The van der Waals surface area contributed by atoms with Gasteiger partial charge >= 0.3 is 11.9 Å². The summed E-state index contributed by atoms with van der Waals surface area (Å²) in [4.78, 5) is 34.1. The van der Waals surface area contributed by atoms with Gasteiger partial charge in [-0.1, -0.05) is 60.7 Å². The van der Waals surface area contributed by atoms with Crippen molar-refractivity contribution in [2.24, 2.45) is 5.29 Å². The monoisotopic (exact) mass is 575 g/mol. The molecule has 214 valence electrons. The van der Waals surface area contributed by atoms with Gasteiger partial charge in [-0.05, 0) is 11.1 Å². The lowest BCUT2D eigenvalue weighted by Crippen LogP contribution is -2.48. The van der Waals surface area contributed by atoms with E-state index in [0.717, 1.165) is 16.1 Å². The number of alkyl halides is 4. The Morgan fingerprint density at radius 1 is 0.846 bits per heavy atom.